The zero-order valence-electron chi connectivity index (χ0n) is 45.8. The highest BCUT2D eigenvalue weighted by molar-refractivity contribution is 5.71. The van der Waals surface area contributed by atoms with Gasteiger partial charge in [-0.05, 0) is 83.5 Å². The van der Waals surface area contributed by atoms with Crippen LogP contribution in [0.25, 0.3) is 0 Å². The summed E-state index contributed by atoms with van der Waals surface area (Å²) < 4.78 is 16.8. The molecule has 0 saturated carbocycles. The van der Waals surface area contributed by atoms with E-state index < -0.39 is 6.10 Å². The second-order valence-electron chi connectivity index (χ2n) is 19.9. The van der Waals surface area contributed by atoms with Crippen molar-refractivity contribution in [3.05, 3.63) is 60.8 Å². The van der Waals surface area contributed by atoms with Gasteiger partial charge >= 0.3 is 17.9 Å². The molecule has 0 radical (unpaired) electrons. The van der Waals surface area contributed by atoms with Crippen molar-refractivity contribution in [3.63, 3.8) is 0 Å². The molecule has 0 amide bonds. The molecule has 0 fully saturated rings. The van der Waals surface area contributed by atoms with Gasteiger partial charge in [0.25, 0.3) is 0 Å². The summed E-state index contributed by atoms with van der Waals surface area (Å²) in [4.78, 5) is 38.2. The second kappa shape index (κ2) is 57.7. The maximum Gasteiger partial charge on any atom is 0.306 e. The second-order valence-corrected chi connectivity index (χ2v) is 19.9. The predicted octanol–water partition coefficient (Wildman–Crippen LogP) is 20.0. The fourth-order valence-electron chi connectivity index (χ4n) is 8.49. The molecule has 6 heteroatoms. The molecule has 400 valence electrons. The lowest BCUT2D eigenvalue weighted by molar-refractivity contribution is -0.167. The van der Waals surface area contributed by atoms with Crippen LogP contribution < -0.4 is 0 Å². The minimum absolute atomic E-state index is 0.0894. The zero-order chi connectivity index (χ0) is 50.0. The average molecular weight is 966 g/mol. The van der Waals surface area contributed by atoms with Crippen LogP contribution in [0.3, 0.4) is 0 Å². The highest BCUT2D eigenvalue weighted by Crippen LogP contribution is 2.16. The van der Waals surface area contributed by atoms with Crippen molar-refractivity contribution in [2.45, 2.75) is 309 Å². The number of carbonyl (C=O) groups is 3. The average Bonchev–Trinajstić information content (AvgIpc) is 3.35. The van der Waals surface area contributed by atoms with Crippen molar-refractivity contribution in [1.29, 1.82) is 0 Å². The van der Waals surface area contributed by atoms with Gasteiger partial charge in [0.2, 0.25) is 0 Å². The number of rotatable bonds is 54. The van der Waals surface area contributed by atoms with Gasteiger partial charge in [0, 0.05) is 19.3 Å². The van der Waals surface area contributed by atoms with Crippen LogP contribution in [0, 0.1) is 0 Å². The SMILES string of the molecule is CCCCC/C=C\C/C=C\C/C=C\C/C=C\CCCC(=O)OC[C@H](COC(=O)CCCCCCCCCCC/C=C\CCCCCCCC)OC(=O)CCCCCCCCCCCCCCCCC. The van der Waals surface area contributed by atoms with Crippen LogP contribution in [0.2, 0.25) is 0 Å². The standard InChI is InChI=1S/C63H112O6/c1-4-7-10-13-16-19-22-25-28-30-31-33-36-38-41-44-47-50-53-56-62(65)68-59-60(69-63(66)57-54-51-48-45-42-39-34-27-24-21-18-15-12-9-6-3)58-67-61(64)55-52-49-46-43-40-37-35-32-29-26-23-20-17-14-11-8-5-2/h17,20,25-26,28-29,35,37,43,46,60H,4-16,18-19,21-24,27,30-34,36,38-42,44-45,47-59H2,1-3H3/b20-17-,28-25-,29-26-,37-35-,46-43-/t60-/m1/s1. The molecule has 0 aromatic heterocycles. The van der Waals surface area contributed by atoms with Crippen LogP contribution >= 0.6 is 0 Å². The van der Waals surface area contributed by atoms with E-state index in [0.717, 1.165) is 64.2 Å². The molecule has 0 bridgehead atoms. The van der Waals surface area contributed by atoms with Gasteiger partial charge < -0.3 is 14.2 Å². The molecule has 0 heterocycles. The fourth-order valence-corrected chi connectivity index (χ4v) is 8.49. The van der Waals surface area contributed by atoms with E-state index in [4.69, 9.17) is 14.2 Å². The van der Waals surface area contributed by atoms with Gasteiger partial charge in [-0.1, -0.05) is 261 Å². The van der Waals surface area contributed by atoms with Crippen molar-refractivity contribution in [1.82, 2.24) is 0 Å². The molecule has 0 spiro atoms. The number of allylic oxidation sites excluding steroid dienone is 10. The Bertz CT molecular complexity index is 1250. The van der Waals surface area contributed by atoms with Crippen LogP contribution in [0.4, 0.5) is 0 Å². The molecule has 0 aliphatic rings. The molecule has 1 atom stereocenters. The third-order valence-electron chi connectivity index (χ3n) is 13.0. The smallest absolute Gasteiger partial charge is 0.306 e. The third-order valence-corrected chi connectivity index (χ3v) is 13.0. The number of esters is 3. The van der Waals surface area contributed by atoms with Crippen LogP contribution in [-0.4, -0.2) is 37.2 Å². The Morgan fingerprint density at radius 1 is 0.290 bits per heavy atom. The van der Waals surface area contributed by atoms with E-state index in [1.165, 1.54) is 193 Å². The topological polar surface area (TPSA) is 78.9 Å². The maximum absolute atomic E-state index is 12.9. The van der Waals surface area contributed by atoms with Crippen molar-refractivity contribution < 1.29 is 28.6 Å². The summed E-state index contributed by atoms with van der Waals surface area (Å²) in [6, 6.07) is 0. The van der Waals surface area contributed by atoms with Crippen molar-refractivity contribution in [2.24, 2.45) is 0 Å². The van der Waals surface area contributed by atoms with Gasteiger partial charge in [-0.2, -0.15) is 0 Å². The summed E-state index contributed by atoms with van der Waals surface area (Å²) in [7, 11) is 0. The largest absolute Gasteiger partial charge is 0.462 e. The van der Waals surface area contributed by atoms with E-state index in [9.17, 15) is 14.4 Å². The minimum Gasteiger partial charge on any atom is -0.462 e. The molecule has 6 nitrogen and oxygen atoms in total. The first-order valence-corrected chi connectivity index (χ1v) is 29.8. The van der Waals surface area contributed by atoms with Crippen molar-refractivity contribution in [2.75, 3.05) is 13.2 Å². The molecule has 0 aromatic carbocycles. The highest BCUT2D eigenvalue weighted by Gasteiger charge is 2.19. The number of hydrogen-bond donors (Lipinski definition) is 0. The Hall–Kier alpha value is -2.89. The summed E-state index contributed by atoms with van der Waals surface area (Å²) in [6.45, 7) is 6.59. The summed E-state index contributed by atoms with van der Waals surface area (Å²) in [5.74, 6) is -0.935. The van der Waals surface area contributed by atoms with Crippen LogP contribution in [-0.2, 0) is 28.6 Å². The fraction of sp³-hybridized carbons (Fsp3) is 0.794. The first-order chi connectivity index (χ1) is 34.0. The number of unbranched alkanes of at least 4 members (excludes halogenated alkanes) is 33. The molecular formula is C63H112O6. The van der Waals surface area contributed by atoms with Gasteiger partial charge in [-0.3, -0.25) is 14.4 Å². The Kier molecular flexibility index (Phi) is 55.3. The van der Waals surface area contributed by atoms with E-state index in [1.54, 1.807) is 0 Å². The van der Waals surface area contributed by atoms with Crippen LogP contribution in [0.5, 0.6) is 0 Å². The maximum atomic E-state index is 12.9. The Balaban J connectivity index is 4.42. The highest BCUT2D eigenvalue weighted by atomic mass is 16.6. The third kappa shape index (κ3) is 55.9. The van der Waals surface area contributed by atoms with Crippen LogP contribution in [0.15, 0.2) is 60.8 Å². The van der Waals surface area contributed by atoms with E-state index in [-0.39, 0.29) is 37.5 Å². The minimum atomic E-state index is -0.795. The molecule has 0 saturated heterocycles. The van der Waals surface area contributed by atoms with Gasteiger partial charge in [-0.25, -0.2) is 0 Å². The Morgan fingerprint density at radius 2 is 0.536 bits per heavy atom. The van der Waals surface area contributed by atoms with Gasteiger partial charge in [-0.15, -0.1) is 0 Å². The van der Waals surface area contributed by atoms with Gasteiger partial charge in [0.15, 0.2) is 6.10 Å². The van der Waals surface area contributed by atoms with Crippen molar-refractivity contribution in [3.8, 4) is 0 Å². The predicted molar refractivity (Wildman–Crippen MR) is 298 cm³/mol. The lowest BCUT2D eigenvalue weighted by Gasteiger charge is -2.18. The molecule has 69 heavy (non-hydrogen) atoms. The zero-order valence-corrected chi connectivity index (χ0v) is 45.8. The lowest BCUT2D eigenvalue weighted by atomic mass is 10.0. The first-order valence-electron chi connectivity index (χ1n) is 29.8. The number of hydrogen-bond acceptors (Lipinski definition) is 6. The van der Waals surface area contributed by atoms with E-state index in [1.807, 2.05) is 0 Å². The summed E-state index contributed by atoms with van der Waals surface area (Å²) in [5, 5.41) is 0. The summed E-state index contributed by atoms with van der Waals surface area (Å²) >= 11 is 0. The number of carbonyl (C=O) groups excluding carboxylic acids is 3. The summed E-state index contributed by atoms with van der Waals surface area (Å²) in [5.41, 5.74) is 0. The molecule has 0 aliphatic heterocycles. The van der Waals surface area contributed by atoms with Gasteiger partial charge in [0.1, 0.15) is 13.2 Å². The molecule has 0 aromatic rings. The molecule has 0 rings (SSSR count). The molecule has 0 N–H and O–H groups in total. The van der Waals surface area contributed by atoms with E-state index >= 15 is 0 Å². The normalized spacial score (nSPS) is 12.4. The van der Waals surface area contributed by atoms with Crippen LogP contribution in [0.1, 0.15) is 303 Å². The quantitative estimate of drug-likeness (QED) is 0.0262. The van der Waals surface area contributed by atoms with E-state index in [2.05, 4.69) is 81.5 Å². The summed E-state index contributed by atoms with van der Waals surface area (Å²) in [6.07, 6.45) is 72.2. The first kappa shape index (κ1) is 66.1. The molecule has 0 aliphatic carbocycles. The van der Waals surface area contributed by atoms with Gasteiger partial charge in [0.05, 0.1) is 0 Å². The lowest BCUT2D eigenvalue weighted by Crippen LogP contribution is -2.30. The van der Waals surface area contributed by atoms with E-state index in [0.29, 0.717) is 19.3 Å². The molecular weight excluding hydrogens is 853 g/mol. The van der Waals surface area contributed by atoms with Crippen molar-refractivity contribution >= 4 is 17.9 Å². The Morgan fingerprint density at radius 3 is 0.913 bits per heavy atom. The molecule has 0 unspecified atom stereocenters. The Labute approximate surface area is 428 Å². The monoisotopic (exact) mass is 965 g/mol. The number of ether oxygens (including phenoxy) is 3.